The Morgan fingerprint density at radius 1 is 1.36 bits per heavy atom. The van der Waals surface area contributed by atoms with Gasteiger partial charge in [0.15, 0.2) is 6.61 Å². The summed E-state index contributed by atoms with van der Waals surface area (Å²) in [5.41, 5.74) is 3.37. The standard InChI is InChI=1S/C16H18BrN3O2/c1-12(2)20-8-7-13(10-20)9-18-19-16(21)11-22-15-5-3-14(17)4-6-15/h3-10,12H,11H2,1-2H3,(H,19,21)/b18-9-. The molecule has 0 saturated carbocycles. The van der Waals surface area contributed by atoms with E-state index in [9.17, 15) is 4.79 Å². The number of benzene rings is 1. The van der Waals surface area contributed by atoms with Crippen LogP contribution in [0.3, 0.4) is 0 Å². The highest BCUT2D eigenvalue weighted by atomic mass is 79.9. The van der Waals surface area contributed by atoms with E-state index in [-0.39, 0.29) is 12.5 Å². The van der Waals surface area contributed by atoms with E-state index < -0.39 is 0 Å². The van der Waals surface area contributed by atoms with Crippen LogP contribution < -0.4 is 10.2 Å². The fraction of sp³-hybridized carbons (Fsp3) is 0.250. The maximum atomic E-state index is 11.6. The van der Waals surface area contributed by atoms with E-state index in [4.69, 9.17) is 4.74 Å². The van der Waals surface area contributed by atoms with Crippen LogP contribution in [0, 0.1) is 0 Å². The second kappa shape index (κ2) is 7.79. The van der Waals surface area contributed by atoms with Crippen LogP contribution in [-0.4, -0.2) is 23.3 Å². The van der Waals surface area contributed by atoms with Crippen LogP contribution in [0.1, 0.15) is 25.5 Å². The minimum absolute atomic E-state index is 0.0774. The van der Waals surface area contributed by atoms with Crippen LogP contribution in [0.4, 0.5) is 0 Å². The number of rotatable bonds is 6. The number of amides is 1. The van der Waals surface area contributed by atoms with Crippen molar-refractivity contribution in [1.29, 1.82) is 0 Å². The summed E-state index contributed by atoms with van der Waals surface area (Å²) in [7, 11) is 0. The van der Waals surface area contributed by atoms with Crippen molar-refractivity contribution in [1.82, 2.24) is 9.99 Å². The SMILES string of the molecule is CC(C)n1ccc(/C=N\NC(=O)COc2ccc(Br)cc2)c1. The Bertz CT molecular complexity index is 648. The molecule has 116 valence electrons. The zero-order chi connectivity index (χ0) is 15.9. The summed E-state index contributed by atoms with van der Waals surface area (Å²) in [5, 5.41) is 3.92. The predicted molar refractivity (Wildman–Crippen MR) is 90.2 cm³/mol. The van der Waals surface area contributed by atoms with Crippen molar-refractivity contribution in [3.63, 3.8) is 0 Å². The summed E-state index contributed by atoms with van der Waals surface area (Å²) in [5.74, 6) is 0.332. The molecule has 0 fully saturated rings. The Hall–Kier alpha value is -2.08. The van der Waals surface area contributed by atoms with Crippen LogP contribution in [0.25, 0.3) is 0 Å². The van der Waals surface area contributed by atoms with Crippen molar-refractivity contribution in [3.8, 4) is 5.75 Å². The van der Waals surface area contributed by atoms with Gasteiger partial charge in [0.2, 0.25) is 0 Å². The summed E-state index contributed by atoms with van der Waals surface area (Å²) in [6.07, 6.45) is 5.56. The first kappa shape index (κ1) is 16.3. The smallest absolute Gasteiger partial charge is 0.277 e. The van der Waals surface area contributed by atoms with E-state index in [2.05, 4.69) is 44.9 Å². The molecule has 0 aliphatic rings. The van der Waals surface area contributed by atoms with Crippen LogP contribution in [0.2, 0.25) is 0 Å². The van der Waals surface area contributed by atoms with E-state index in [0.29, 0.717) is 11.8 Å². The number of hydrogen-bond acceptors (Lipinski definition) is 3. The second-order valence-corrected chi connectivity index (χ2v) is 5.94. The van der Waals surface area contributed by atoms with Gasteiger partial charge in [0.1, 0.15) is 5.75 Å². The summed E-state index contributed by atoms with van der Waals surface area (Å²) in [6, 6.07) is 9.62. The van der Waals surface area contributed by atoms with Crippen LogP contribution >= 0.6 is 15.9 Å². The van der Waals surface area contributed by atoms with E-state index in [1.807, 2.05) is 30.6 Å². The molecule has 0 aliphatic heterocycles. The zero-order valence-electron chi connectivity index (χ0n) is 12.5. The van der Waals surface area contributed by atoms with Crippen LogP contribution in [0.5, 0.6) is 5.75 Å². The van der Waals surface area contributed by atoms with Gasteiger partial charge in [-0.2, -0.15) is 5.10 Å². The molecule has 2 aromatic rings. The lowest BCUT2D eigenvalue weighted by molar-refractivity contribution is -0.123. The number of carbonyl (C=O) groups is 1. The zero-order valence-corrected chi connectivity index (χ0v) is 14.1. The molecule has 6 heteroatoms. The molecule has 0 aliphatic carbocycles. The summed E-state index contributed by atoms with van der Waals surface area (Å²) in [4.78, 5) is 11.6. The molecule has 0 spiro atoms. The highest BCUT2D eigenvalue weighted by Crippen LogP contribution is 2.15. The van der Waals surface area contributed by atoms with Gasteiger partial charge in [-0.3, -0.25) is 4.79 Å². The molecule has 0 unspecified atom stereocenters. The fourth-order valence-electron chi connectivity index (χ4n) is 1.72. The van der Waals surface area contributed by atoms with Gasteiger partial charge in [-0.05, 0) is 44.2 Å². The maximum Gasteiger partial charge on any atom is 0.277 e. The average Bonchev–Trinajstić information content (AvgIpc) is 2.96. The molecule has 0 saturated heterocycles. The number of ether oxygens (including phenoxy) is 1. The quantitative estimate of drug-likeness (QED) is 0.631. The largest absolute Gasteiger partial charge is 0.484 e. The van der Waals surface area contributed by atoms with E-state index in [1.54, 1.807) is 18.3 Å². The third kappa shape index (κ3) is 5.04. The Morgan fingerprint density at radius 3 is 2.73 bits per heavy atom. The molecule has 1 amide bonds. The van der Waals surface area contributed by atoms with E-state index in [0.717, 1.165) is 10.0 Å². The first-order chi connectivity index (χ1) is 10.5. The summed E-state index contributed by atoms with van der Waals surface area (Å²) in [6.45, 7) is 4.12. The number of hydrogen-bond donors (Lipinski definition) is 1. The maximum absolute atomic E-state index is 11.6. The normalized spacial score (nSPS) is 11.1. The Morgan fingerprint density at radius 2 is 2.09 bits per heavy atom. The number of carbonyl (C=O) groups excluding carboxylic acids is 1. The minimum Gasteiger partial charge on any atom is -0.484 e. The Labute approximate surface area is 138 Å². The highest BCUT2D eigenvalue weighted by Gasteiger charge is 2.02. The third-order valence-corrected chi connectivity index (χ3v) is 3.45. The second-order valence-electron chi connectivity index (χ2n) is 5.02. The summed E-state index contributed by atoms with van der Waals surface area (Å²) < 4.78 is 8.38. The van der Waals surface area contributed by atoms with Gasteiger partial charge in [-0.25, -0.2) is 5.43 Å². The Kier molecular flexibility index (Phi) is 5.77. The lowest BCUT2D eigenvalue weighted by Gasteiger charge is -2.05. The number of nitrogens with one attached hydrogen (secondary N) is 1. The van der Waals surface area contributed by atoms with Gasteiger partial charge in [-0.15, -0.1) is 0 Å². The fourth-order valence-corrected chi connectivity index (χ4v) is 1.98. The molecule has 1 N–H and O–H groups in total. The van der Waals surface area contributed by atoms with Gasteiger partial charge in [0, 0.05) is 28.5 Å². The molecule has 0 bridgehead atoms. The number of hydrazone groups is 1. The molecule has 0 atom stereocenters. The van der Waals surface area contributed by atoms with Crippen molar-refractivity contribution in [2.75, 3.05) is 6.61 Å². The van der Waals surface area contributed by atoms with Crippen LogP contribution in [0.15, 0.2) is 52.3 Å². The molecular weight excluding hydrogens is 346 g/mol. The highest BCUT2D eigenvalue weighted by molar-refractivity contribution is 9.10. The Balaban J connectivity index is 1.77. The average molecular weight is 364 g/mol. The summed E-state index contributed by atoms with van der Waals surface area (Å²) >= 11 is 3.34. The first-order valence-corrected chi connectivity index (χ1v) is 7.71. The monoisotopic (exact) mass is 363 g/mol. The molecule has 1 aromatic heterocycles. The van der Waals surface area contributed by atoms with Gasteiger partial charge in [-0.1, -0.05) is 15.9 Å². The van der Waals surface area contributed by atoms with Crippen molar-refractivity contribution in [2.24, 2.45) is 5.10 Å². The minimum atomic E-state index is -0.303. The number of halogens is 1. The third-order valence-electron chi connectivity index (χ3n) is 2.92. The molecule has 1 heterocycles. The van der Waals surface area contributed by atoms with E-state index in [1.165, 1.54) is 0 Å². The predicted octanol–water partition coefficient (Wildman–Crippen LogP) is 3.36. The molecule has 0 radical (unpaired) electrons. The van der Waals surface area contributed by atoms with Gasteiger partial charge in [0.05, 0.1) is 6.21 Å². The molecule has 2 rings (SSSR count). The number of nitrogens with zero attached hydrogens (tertiary/aromatic N) is 2. The van der Waals surface area contributed by atoms with Crippen molar-refractivity contribution in [2.45, 2.75) is 19.9 Å². The van der Waals surface area contributed by atoms with Crippen molar-refractivity contribution in [3.05, 3.63) is 52.8 Å². The van der Waals surface area contributed by atoms with Crippen LogP contribution in [-0.2, 0) is 4.79 Å². The molecule has 1 aromatic carbocycles. The molecule has 5 nitrogen and oxygen atoms in total. The lowest BCUT2D eigenvalue weighted by Crippen LogP contribution is -2.24. The van der Waals surface area contributed by atoms with Crippen molar-refractivity contribution >= 4 is 28.1 Å². The molecular formula is C16H18BrN3O2. The topological polar surface area (TPSA) is 55.6 Å². The first-order valence-electron chi connectivity index (χ1n) is 6.92. The van der Waals surface area contributed by atoms with E-state index >= 15 is 0 Å². The molecule has 22 heavy (non-hydrogen) atoms. The lowest BCUT2D eigenvalue weighted by atomic mass is 10.3. The number of aromatic nitrogens is 1. The van der Waals surface area contributed by atoms with Gasteiger partial charge < -0.3 is 9.30 Å². The van der Waals surface area contributed by atoms with Gasteiger partial charge >= 0.3 is 0 Å². The van der Waals surface area contributed by atoms with Crippen molar-refractivity contribution < 1.29 is 9.53 Å². The van der Waals surface area contributed by atoms with Gasteiger partial charge in [0.25, 0.3) is 5.91 Å².